The number of benzene rings is 1. The minimum absolute atomic E-state index is 0.112. The summed E-state index contributed by atoms with van der Waals surface area (Å²) in [6.07, 6.45) is 2.07. The van der Waals surface area contributed by atoms with E-state index in [0.717, 1.165) is 54.8 Å². The lowest BCUT2D eigenvalue weighted by molar-refractivity contribution is -0.384. The van der Waals surface area contributed by atoms with Gasteiger partial charge < -0.3 is 9.64 Å². The molecule has 0 N–H and O–H groups in total. The van der Waals surface area contributed by atoms with Gasteiger partial charge >= 0.3 is 0 Å². The molecular formula is C18H25N3O3S. The molecule has 0 amide bonds. The van der Waals surface area contributed by atoms with Crippen molar-refractivity contribution in [2.24, 2.45) is 10.9 Å². The summed E-state index contributed by atoms with van der Waals surface area (Å²) in [5, 5.41) is 12.0. The SMILES string of the molecule is Cc1cc([N+](=O)[O-])ccc1N=C1SCC2(CCOCC2)N1CC(C)C. The first-order valence-electron chi connectivity index (χ1n) is 8.73. The highest BCUT2D eigenvalue weighted by Gasteiger charge is 2.45. The van der Waals surface area contributed by atoms with Crippen LogP contribution < -0.4 is 0 Å². The van der Waals surface area contributed by atoms with Gasteiger partial charge in [-0.1, -0.05) is 25.6 Å². The van der Waals surface area contributed by atoms with E-state index in [2.05, 4.69) is 18.7 Å². The molecule has 0 aliphatic carbocycles. The molecule has 0 aromatic heterocycles. The summed E-state index contributed by atoms with van der Waals surface area (Å²) in [5.41, 5.74) is 1.90. The number of hydrogen-bond donors (Lipinski definition) is 0. The second kappa shape index (κ2) is 7.33. The van der Waals surface area contributed by atoms with Crippen LogP contribution in [0.2, 0.25) is 0 Å². The molecule has 1 spiro atoms. The fourth-order valence-corrected chi connectivity index (χ4v) is 4.86. The number of nitro benzene ring substituents is 1. The van der Waals surface area contributed by atoms with Crippen molar-refractivity contribution in [3.05, 3.63) is 33.9 Å². The number of nitrogens with zero attached hydrogens (tertiary/aromatic N) is 3. The van der Waals surface area contributed by atoms with Gasteiger partial charge in [0.2, 0.25) is 0 Å². The quantitative estimate of drug-likeness (QED) is 0.594. The van der Waals surface area contributed by atoms with Crippen LogP contribution >= 0.6 is 11.8 Å². The second-order valence-electron chi connectivity index (χ2n) is 7.25. The fraction of sp³-hybridized carbons (Fsp3) is 0.611. The predicted octanol–water partition coefficient (Wildman–Crippen LogP) is 4.14. The van der Waals surface area contributed by atoms with Crippen molar-refractivity contribution < 1.29 is 9.66 Å². The highest BCUT2D eigenvalue weighted by atomic mass is 32.2. The average molecular weight is 363 g/mol. The summed E-state index contributed by atoms with van der Waals surface area (Å²) < 4.78 is 5.58. The largest absolute Gasteiger partial charge is 0.381 e. The Kier molecular flexibility index (Phi) is 5.34. The maximum atomic E-state index is 10.9. The van der Waals surface area contributed by atoms with Gasteiger partial charge in [0, 0.05) is 37.6 Å². The molecule has 2 aliphatic heterocycles. The van der Waals surface area contributed by atoms with E-state index in [1.807, 2.05) is 6.92 Å². The van der Waals surface area contributed by atoms with E-state index in [1.54, 1.807) is 23.9 Å². The molecule has 6 nitrogen and oxygen atoms in total. The van der Waals surface area contributed by atoms with Crippen LogP contribution in [0.3, 0.4) is 0 Å². The zero-order valence-corrected chi connectivity index (χ0v) is 15.8. The third kappa shape index (κ3) is 3.82. The Bertz CT molecular complexity index is 684. The standard InChI is InChI=1S/C18H25N3O3S/c1-13(2)11-20-17(25-12-18(20)6-8-24-9-7-18)19-16-5-4-15(21(22)23)10-14(16)3/h4-5,10,13H,6-9,11-12H2,1-3H3. The Morgan fingerprint density at radius 1 is 1.40 bits per heavy atom. The molecule has 2 heterocycles. The van der Waals surface area contributed by atoms with Crippen LogP contribution in [0.25, 0.3) is 0 Å². The minimum Gasteiger partial charge on any atom is -0.381 e. The molecule has 0 saturated carbocycles. The van der Waals surface area contributed by atoms with E-state index in [1.165, 1.54) is 6.07 Å². The molecule has 0 radical (unpaired) electrons. The summed E-state index contributed by atoms with van der Waals surface area (Å²) in [7, 11) is 0. The molecule has 2 aliphatic rings. The van der Waals surface area contributed by atoms with Gasteiger partial charge in [-0.25, -0.2) is 4.99 Å². The van der Waals surface area contributed by atoms with Crippen molar-refractivity contribution >= 4 is 28.3 Å². The summed E-state index contributed by atoms with van der Waals surface area (Å²) in [6.45, 7) is 8.91. The average Bonchev–Trinajstić information content (AvgIpc) is 2.87. The molecular weight excluding hydrogens is 338 g/mol. The van der Waals surface area contributed by atoms with E-state index in [0.29, 0.717) is 5.92 Å². The maximum absolute atomic E-state index is 10.9. The number of hydrogen-bond acceptors (Lipinski definition) is 5. The summed E-state index contributed by atoms with van der Waals surface area (Å²) >= 11 is 1.80. The first kappa shape index (κ1) is 18.2. The maximum Gasteiger partial charge on any atom is 0.269 e. The number of aryl methyl sites for hydroxylation is 1. The lowest BCUT2D eigenvalue weighted by atomic mass is 9.90. The lowest BCUT2D eigenvalue weighted by Crippen LogP contribution is -2.52. The van der Waals surface area contributed by atoms with Gasteiger partial charge in [-0.2, -0.15) is 0 Å². The van der Waals surface area contributed by atoms with Gasteiger partial charge in [-0.15, -0.1) is 0 Å². The van der Waals surface area contributed by atoms with Gasteiger partial charge in [-0.3, -0.25) is 10.1 Å². The second-order valence-corrected chi connectivity index (χ2v) is 8.19. The molecule has 1 aromatic rings. The molecule has 2 saturated heterocycles. The van der Waals surface area contributed by atoms with Crippen molar-refractivity contribution in [3.8, 4) is 0 Å². The van der Waals surface area contributed by atoms with E-state index < -0.39 is 0 Å². The molecule has 7 heteroatoms. The normalized spacial score (nSPS) is 21.4. The number of amidine groups is 1. The van der Waals surface area contributed by atoms with Crippen LogP contribution in [0.5, 0.6) is 0 Å². The zero-order chi connectivity index (χ0) is 18.0. The van der Waals surface area contributed by atoms with Gasteiger partial charge in [0.1, 0.15) is 0 Å². The van der Waals surface area contributed by atoms with Gasteiger partial charge in [0.15, 0.2) is 5.17 Å². The van der Waals surface area contributed by atoms with Gasteiger partial charge in [0.05, 0.1) is 16.1 Å². The lowest BCUT2D eigenvalue weighted by Gasteiger charge is -2.42. The first-order valence-corrected chi connectivity index (χ1v) is 9.72. The Morgan fingerprint density at radius 2 is 2.12 bits per heavy atom. The number of aliphatic imine (C=N–C) groups is 1. The molecule has 0 bridgehead atoms. The molecule has 1 aromatic carbocycles. The Hall–Kier alpha value is -1.60. The summed E-state index contributed by atoms with van der Waals surface area (Å²) in [4.78, 5) is 17.9. The van der Waals surface area contributed by atoms with Crippen molar-refractivity contribution in [1.82, 2.24) is 4.90 Å². The molecule has 3 rings (SSSR count). The van der Waals surface area contributed by atoms with Crippen LogP contribution in [0, 0.1) is 23.0 Å². The first-order chi connectivity index (χ1) is 11.9. The minimum atomic E-state index is -0.365. The Balaban J connectivity index is 1.92. The van der Waals surface area contributed by atoms with E-state index in [4.69, 9.17) is 9.73 Å². The number of rotatable bonds is 4. The predicted molar refractivity (Wildman–Crippen MR) is 102 cm³/mol. The van der Waals surface area contributed by atoms with Crippen molar-refractivity contribution in [2.45, 2.75) is 39.2 Å². The topological polar surface area (TPSA) is 68.0 Å². The number of thioether (sulfide) groups is 1. The van der Waals surface area contributed by atoms with Crippen molar-refractivity contribution in [1.29, 1.82) is 0 Å². The fourth-order valence-electron chi connectivity index (χ4n) is 3.43. The van der Waals surface area contributed by atoms with Crippen LogP contribution in [0.4, 0.5) is 11.4 Å². The van der Waals surface area contributed by atoms with Crippen molar-refractivity contribution in [3.63, 3.8) is 0 Å². The molecule has 0 unspecified atom stereocenters. The molecule has 0 atom stereocenters. The number of non-ortho nitro benzene ring substituents is 1. The third-order valence-electron chi connectivity index (χ3n) is 4.85. The zero-order valence-electron chi connectivity index (χ0n) is 15.0. The smallest absolute Gasteiger partial charge is 0.269 e. The van der Waals surface area contributed by atoms with Gasteiger partial charge in [0.25, 0.3) is 5.69 Å². The van der Waals surface area contributed by atoms with Crippen LogP contribution in [-0.2, 0) is 4.74 Å². The monoisotopic (exact) mass is 363 g/mol. The van der Waals surface area contributed by atoms with E-state index >= 15 is 0 Å². The molecule has 2 fully saturated rings. The highest BCUT2D eigenvalue weighted by Crippen LogP contribution is 2.41. The van der Waals surface area contributed by atoms with E-state index in [9.17, 15) is 10.1 Å². The third-order valence-corrected chi connectivity index (χ3v) is 6.10. The number of nitro groups is 1. The Morgan fingerprint density at radius 3 is 2.72 bits per heavy atom. The Labute approximate surface area is 152 Å². The van der Waals surface area contributed by atoms with Crippen LogP contribution in [0.15, 0.2) is 23.2 Å². The van der Waals surface area contributed by atoms with Crippen LogP contribution in [0.1, 0.15) is 32.3 Å². The van der Waals surface area contributed by atoms with Crippen LogP contribution in [-0.4, -0.2) is 46.0 Å². The van der Waals surface area contributed by atoms with Gasteiger partial charge in [-0.05, 0) is 37.3 Å². The van der Waals surface area contributed by atoms with Crippen molar-refractivity contribution in [2.75, 3.05) is 25.5 Å². The molecule has 25 heavy (non-hydrogen) atoms. The molecule has 136 valence electrons. The highest BCUT2D eigenvalue weighted by molar-refractivity contribution is 8.14. The van der Waals surface area contributed by atoms with E-state index in [-0.39, 0.29) is 16.1 Å². The number of ether oxygens (including phenoxy) is 1. The summed E-state index contributed by atoms with van der Waals surface area (Å²) in [5.74, 6) is 1.58. The summed E-state index contributed by atoms with van der Waals surface area (Å²) in [6, 6.07) is 4.88.